The number of aryl methyl sites for hydroxylation is 1. The summed E-state index contributed by atoms with van der Waals surface area (Å²) in [6.45, 7) is 1.56. The number of benzene rings is 1. The number of esters is 1. The third-order valence-electron chi connectivity index (χ3n) is 5.46. The Labute approximate surface area is 165 Å². The molecule has 28 heavy (non-hydrogen) atoms. The molecule has 1 aromatic heterocycles. The van der Waals surface area contributed by atoms with E-state index in [0.717, 1.165) is 36.6 Å². The van der Waals surface area contributed by atoms with Crippen LogP contribution in [-0.2, 0) is 20.7 Å². The van der Waals surface area contributed by atoms with Crippen LogP contribution in [0.5, 0.6) is 0 Å². The molecule has 1 aromatic carbocycles. The van der Waals surface area contributed by atoms with Crippen LogP contribution in [0.15, 0.2) is 30.5 Å². The van der Waals surface area contributed by atoms with E-state index in [1.165, 1.54) is 5.56 Å². The smallest absolute Gasteiger partial charge is 0.306 e. The first kappa shape index (κ1) is 19.9. The molecule has 2 aromatic rings. The second-order valence-corrected chi connectivity index (χ2v) is 7.59. The van der Waals surface area contributed by atoms with Crippen molar-refractivity contribution >= 4 is 22.8 Å². The number of nitriles is 1. The van der Waals surface area contributed by atoms with Gasteiger partial charge in [-0.15, -0.1) is 0 Å². The minimum atomic E-state index is -0.896. The molecule has 1 saturated carbocycles. The normalized spacial score (nSPS) is 16.9. The van der Waals surface area contributed by atoms with Gasteiger partial charge in [0.1, 0.15) is 5.54 Å². The van der Waals surface area contributed by atoms with E-state index < -0.39 is 23.5 Å². The van der Waals surface area contributed by atoms with Crippen LogP contribution in [0, 0.1) is 11.3 Å². The van der Waals surface area contributed by atoms with Crippen LogP contribution in [0.2, 0.25) is 0 Å². The molecule has 148 valence electrons. The number of nitrogens with one attached hydrogen (secondary N) is 2. The Morgan fingerprint density at radius 3 is 2.79 bits per heavy atom. The van der Waals surface area contributed by atoms with E-state index in [0.29, 0.717) is 19.3 Å². The highest BCUT2D eigenvalue weighted by Gasteiger charge is 2.35. The number of para-hydroxylation sites is 1. The summed E-state index contributed by atoms with van der Waals surface area (Å²) in [4.78, 5) is 27.7. The molecule has 0 unspecified atom stereocenters. The van der Waals surface area contributed by atoms with Gasteiger partial charge >= 0.3 is 5.97 Å². The van der Waals surface area contributed by atoms with Crippen molar-refractivity contribution in [3.8, 4) is 6.07 Å². The van der Waals surface area contributed by atoms with Gasteiger partial charge in [-0.05, 0) is 44.2 Å². The molecule has 6 heteroatoms. The van der Waals surface area contributed by atoms with E-state index in [9.17, 15) is 14.9 Å². The van der Waals surface area contributed by atoms with Gasteiger partial charge in [-0.1, -0.05) is 37.5 Å². The SMILES string of the molecule is C[C@H](OC(=O)CCCc1c[nH]c2ccccc12)C(=O)NC1(C#N)CCCCC1. The number of fused-ring (bicyclic) bond motifs is 1. The second kappa shape index (κ2) is 8.92. The summed E-state index contributed by atoms with van der Waals surface area (Å²) in [7, 11) is 0. The lowest BCUT2D eigenvalue weighted by molar-refractivity contribution is -0.155. The van der Waals surface area contributed by atoms with Crippen LogP contribution in [0.25, 0.3) is 10.9 Å². The zero-order valence-corrected chi connectivity index (χ0v) is 16.3. The topological polar surface area (TPSA) is 95.0 Å². The van der Waals surface area contributed by atoms with Crippen molar-refractivity contribution in [2.75, 3.05) is 0 Å². The maximum Gasteiger partial charge on any atom is 0.306 e. The number of aromatic nitrogens is 1. The lowest BCUT2D eigenvalue weighted by atomic mass is 9.83. The molecule has 0 radical (unpaired) electrons. The van der Waals surface area contributed by atoms with Gasteiger partial charge in [-0.3, -0.25) is 9.59 Å². The molecule has 1 amide bonds. The van der Waals surface area contributed by atoms with E-state index in [4.69, 9.17) is 4.74 Å². The number of hydrogen-bond donors (Lipinski definition) is 2. The lowest BCUT2D eigenvalue weighted by Gasteiger charge is -2.32. The number of nitrogens with zero attached hydrogens (tertiary/aromatic N) is 1. The lowest BCUT2D eigenvalue weighted by Crippen LogP contribution is -2.52. The van der Waals surface area contributed by atoms with Crippen LogP contribution in [-0.4, -0.2) is 28.5 Å². The first-order valence-electron chi connectivity index (χ1n) is 10.0. The van der Waals surface area contributed by atoms with Crippen molar-refractivity contribution in [3.63, 3.8) is 0 Å². The molecule has 2 N–H and O–H groups in total. The molecule has 0 aliphatic heterocycles. The maximum atomic E-state index is 12.4. The Hall–Kier alpha value is -2.81. The number of H-pyrrole nitrogens is 1. The standard InChI is InChI=1S/C22H27N3O3/c1-16(21(27)25-22(15-23)12-5-2-6-13-22)28-20(26)11-7-8-17-14-24-19-10-4-3-9-18(17)19/h3-4,9-10,14,16,24H,2,5-8,11-13H2,1H3,(H,25,27)/t16-/m0/s1. The van der Waals surface area contributed by atoms with Crippen molar-refractivity contribution in [2.45, 2.75) is 69.9 Å². The van der Waals surface area contributed by atoms with Crippen molar-refractivity contribution in [3.05, 3.63) is 36.0 Å². The fourth-order valence-electron chi connectivity index (χ4n) is 3.83. The molecule has 0 saturated heterocycles. The summed E-state index contributed by atoms with van der Waals surface area (Å²) in [6.07, 6.45) is 6.98. The Balaban J connectivity index is 1.45. The number of hydrogen-bond acceptors (Lipinski definition) is 4. The zero-order chi connectivity index (χ0) is 20.0. The highest BCUT2D eigenvalue weighted by Crippen LogP contribution is 2.27. The van der Waals surface area contributed by atoms with E-state index in [1.807, 2.05) is 24.4 Å². The van der Waals surface area contributed by atoms with Crippen molar-refractivity contribution < 1.29 is 14.3 Å². The largest absolute Gasteiger partial charge is 0.453 e. The molecule has 1 aliphatic carbocycles. The quantitative estimate of drug-likeness (QED) is 0.714. The number of carbonyl (C=O) groups excluding carboxylic acids is 2. The van der Waals surface area contributed by atoms with E-state index in [1.54, 1.807) is 6.92 Å². The van der Waals surface area contributed by atoms with E-state index in [2.05, 4.69) is 22.4 Å². The van der Waals surface area contributed by atoms with Crippen molar-refractivity contribution in [1.82, 2.24) is 10.3 Å². The summed E-state index contributed by atoms with van der Waals surface area (Å²) >= 11 is 0. The molecule has 1 aliphatic rings. The number of ether oxygens (including phenoxy) is 1. The van der Waals surface area contributed by atoms with Crippen molar-refractivity contribution in [1.29, 1.82) is 5.26 Å². The molecule has 1 atom stereocenters. The average Bonchev–Trinajstić information content (AvgIpc) is 3.12. The first-order chi connectivity index (χ1) is 13.5. The molecular formula is C22H27N3O3. The number of rotatable bonds is 7. The summed E-state index contributed by atoms with van der Waals surface area (Å²) in [5, 5.41) is 13.4. The van der Waals surface area contributed by atoms with Crippen LogP contribution in [0.4, 0.5) is 0 Å². The molecule has 1 heterocycles. The molecule has 0 bridgehead atoms. The summed E-state index contributed by atoms with van der Waals surface area (Å²) in [5.74, 6) is -0.787. The Bertz CT molecular complexity index is 875. The predicted molar refractivity (Wildman–Crippen MR) is 106 cm³/mol. The molecule has 3 rings (SSSR count). The number of amides is 1. The Morgan fingerprint density at radius 2 is 2.04 bits per heavy atom. The minimum absolute atomic E-state index is 0.251. The van der Waals surface area contributed by atoms with Crippen LogP contribution in [0.3, 0.4) is 0 Å². The fourth-order valence-corrected chi connectivity index (χ4v) is 3.83. The maximum absolute atomic E-state index is 12.4. The van der Waals surface area contributed by atoms with Gasteiger partial charge in [-0.2, -0.15) is 5.26 Å². The van der Waals surface area contributed by atoms with Gasteiger partial charge in [-0.25, -0.2) is 0 Å². The molecule has 0 spiro atoms. The van der Waals surface area contributed by atoms with Gasteiger partial charge in [0.2, 0.25) is 0 Å². The molecule has 1 fully saturated rings. The van der Waals surface area contributed by atoms with Crippen LogP contribution >= 0.6 is 0 Å². The van der Waals surface area contributed by atoms with E-state index in [-0.39, 0.29) is 6.42 Å². The minimum Gasteiger partial charge on any atom is -0.453 e. The number of aromatic amines is 1. The predicted octanol–water partition coefficient (Wildman–Crippen LogP) is 3.76. The Kier molecular flexibility index (Phi) is 6.35. The molecular weight excluding hydrogens is 354 g/mol. The van der Waals surface area contributed by atoms with Crippen molar-refractivity contribution in [2.24, 2.45) is 0 Å². The van der Waals surface area contributed by atoms with Gasteiger partial charge in [0, 0.05) is 23.5 Å². The monoisotopic (exact) mass is 381 g/mol. The second-order valence-electron chi connectivity index (χ2n) is 7.59. The van der Waals surface area contributed by atoms with Gasteiger partial charge < -0.3 is 15.0 Å². The third-order valence-corrected chi connectivity index (χ3v) is 5.46. The van der Waals surface area contributed by atoms with Gasteiger partial charge in [0.25, 0.3) is 5.91 Å². The Morgan fingerprint density at radius 1 is 1.29 bits per heavy atom. The third kappa shape index (κ3) is 4.72. The summed E-state index contributed by atoms with van der Waals surface area (Å²) in [5.41, 5.74) is 1.44. The summed E-state index contributed by atoms with van der Waals surface area (Å²) < 4.78 is 5.28. The highest BCUT2D eigenvalue weighted by atomic mass is 16.5. The van der Waals surface area contributed by atoms with E-state index >= 15 is 0 Å². The zero-order valence-electron chi connectivity index (χ0n) is 16.3. The fraction of sp³-hybridized carbons (Fsp3) is 0.500. The van der Waals surface area contributed by atoms with Gasteiger partial charge in [0.05, 0.1) is 6.07 Å². The molecule has 6 nitrogen and oxygen atoms in total. The van der Waals surface area contributed by atoms with Crippen LogP contribution < -0.4 is 5.32 Å². The number of carbonyl (C=O) groups is 2. The highest BCUT2D eigenvalue weighted by molar-refractivity contribution is 5.84. The summed E-state index contributed by atoms with van der Waals surface area (Å²) in [6, 6.07) is 10.3. The van der Waals surface area contributed by atoms with Gasteiger partial charge in [0.15, 0.2) is 6.10 Å². The first-order valence-corrected chi connectivity index (χ1v) is 10.0. The van der Waals surface area contributed by atoms with Crippen LogP contribution in [0.1, 0.15) is 57.4 Å². The average molecular weight is 381 g/mol.